The van der Waals surface area contributed by atoms with Gasteiger partial charge >= 0.3 is 0 Å². The number of hydrogen-bond donors (Lipinski definition) is 0. The molecule has 0 radical (unpaired) electrons. The van der Waals surface area contributed by atoms with Gasteiger partial charge in [-0.05, 0) is 35.9 Å². The lowest BCUT2D eigenvalue weighted by molar-refractivity contribution is 0.600. The molecule has 1 saturated heterocycles. The van der Waals surface area contributed by atoms with E-state index in [0.29, 0.717) is 31.1 Å². The second kappa shape index (κ2) is 7.80. The third-order valence-electron chi connectivity index (χ3n) is 4.65. The molecular weight excluding hydrogens is 510 g/mol. The highest BCUT2D eigenvalue weighted by Crippen LogP contribution is 2.38. The normalized spacial score (nSPS) is 23.0. The number of benzene rings is 2. The van der Waals surface area contributed by atoms with Gasteiger partial charge in [-0.1, -0.05) is 57.0 Å². The summed E-state index contributed by atoms with van der Waals surface area (Å²) in [6.45, 7) is 0. The molecule has 4 rings (SSSR count). The maximum absolute atomic E-state index is 14.7. The van der Waals surface area contributed by atoms with Crippen molar-refractivity contribution in [3.63, 3.8) is 0 Å². The van der Waals surface area contributed by atoms with E-state index in [-0.39, 0.29) is 11.5 Å². The predicted molar refractivity (Wildman–Crippen MR) is 118 cm³/mol. The van der Waals surface area contributed by atoms with Crippen LogP contribution in [0, 0.1) is 5.82 Å². The van der Waals surface area contributed by atoms with Gasteiger partial charge in [0.1, 0.15) is 5.82 Å². The van der Waals surface area contributed by atoms with Crippen molar-refractivity contribution in [3.05, 3.63) is 62.3 Å². The predicted octanol–water partition coefficient (Wildman–Crippen LogP) is 5.17. The van der Waals surface area contributed by atoms with Crippen molar-refractivity contribution in [2.24, 2.45) is 4.99 Å². The first-order valence-corrected chi connectivity index (χ1v) is 12.7. The van der Waals surface area contributed by atoms with E-state index < -0.39 is 27.7 Å². The van der Waals surface area contributed by atoms with Gasteiger partial charge in [0.2, 0.25) is 0 Å². The average molecular weight is 524 g/mol. The zero-order valence-electron chi connectivity index (χ0n) is 14.3. The summed E-state index contributed by atoms with van der Waals surface area (Å²) in [5.74, 6) is 0.0213. The van der Waals surface area contributed by atoms with E-state index in [1.165, 1.54) is 17.8 Å². The van der Waals surface area contributed by atoms with Gasteiger partial charge in [0.05, 0.1) is 29.3 Å². The van der Waals surface area contributed by atoms with Crippen LogP contribution in [0.15, 0.2) is 45.9 Å². The molecule has 2 aromatic carbocycles. The molecule has 2 atom stereocenters. The molecule has 0 aliphatic carbocycles. The van der Waals surface area contributed by atoms with Crippen molar-refractivity contribution in [1.29, 1.82) is 0 Å². The number of nitrogens with zero attached hydrogens (tertiary/aromatic N) is 2. The molecule has 4 nitrogen and oxygen atoms in total. The van der Waals surface area contributed by atoms with Crippen molar-refractivity contribution in [3.8, 4) is 0 Å². The number of thioether (sulfide) groups is 1. The van der Waals surface area contributed by atoms with Crippen LogP contribution in [0.5, 0.6) is 0 Å². The summed E-state index contributed by atoms with van der Waals surface area (Å²) >= 11 is 16.9. The van der Waals surface area contributed by atoms with Gasteiger partial charge in [-0.25, -0.2) is 12.8 Å². The first-order valence-electron chi connectivity index (χ1n) is 8.33. The lowest BCUT2D eigenvalue weighted by Crippen LogP contribution is -2.39. The standard InChI is InChI=1S/C18H14BrCl2FN2O2S2/c19-11-2-4-16(14(22)5-11)24-17-9-28(25,26)8-15(17)23-18(24)27-7-10-1-3-12(20)6-13(10)21/h1-6,15,17H,7-9H2. The molecule has 0 bridgehead atoms. The zero-order valence-corrected chi connectivity index (χ0v) is 19.0. The Bertz CT molecular complexity index is 1080. The van der Waals surface area contributed by atoms with E-state index in [2.05, 4.69) is 20.9 Å². The minimum Gasteiger partial charge on any atom is -0.312 e. The average Bonchev–Trinajstić information content (AvgIpc) is 3.06. The molecule has 0 amide bonds. The maximum atomic E-state index is 14.7. The molecule has 2 heterocycles. The topological polar surface area (TPSA) is 49.7 Å². The van der Waals surface area contributed by atoms with Gasteiger partial charge in [0.15, 0.2) is 15.0 Å². The second-order valence-electron chi connectivity index (χ2n) is 6.61. The first kappa shape index (κ1) is 20.5. The molecule has 10 heteroatoms. The lowest BCUT2D eigenvalue weighted by atomic mass is 10.1. The number of rotatable bonds is 3. The van der Waals surface area contributed by atoms with Gasteiger partial charge < -0.3 is 4.90 Å². The number of halogens is 4. The fourth-order valence-corrected chi connectivity index (χ4v) is 7.22. The summed E-state index contributed by atoms with van der Waals surface area (Å²) in [6.07, 6.45) is 0. The number of fused-ring (bicyclic) bond motifs is 1. The maximum Gasteiger partial charge on any atom is 0.164 e. The molecule has 0 aromatic heterocycles. The number of amidine groups is 1. The van der Waals surface area contributed by atoms with Crippen LogP contribution in [0.25, 0.3) is 0 Å². The smallest absolute Gasteiger partial charge is 0.164 e. The summed E-state index contributed by atoms with van der Waals surface area (Å²) in [7, 11) is -3.19. The fraction of sp³-hybridized carbons (Fsp3) is 0.278. The highest BCUT2D eigenvalue weighted by molar-refractivity contribution is 9.10. The summed E-state index contributed by atoms with van der Waals surface area (Å²) in [6, 6.07) is 9.20. The fourth-order valence-electron chi connectivity index (χ4n) is 3.37. The highest BCUT2D eigenvalue weighted by atomic mass is 79.9. The van der Waals surface area contributed by atoms with Crippen molar-refractivity contribution in [2.75, 3.05) is 16.4 Å². The first-order chi connectivity index (χ1) is 13.2. The van der Waals surface area contributed by atoms with Gasteiger partial charge in [-0.2, -0.15) is 0 Å². The Morgan fingerprint density at radius 3 is 2.71 bits per heavy atom. The monoisotopic (exact) mass is 522 g/mol. The molecule has 1 fully saturated rings. The minimum atomic E-state index is -3.19. The van der Waals surface area contributed by atoms with E-state index in [0.717, 1.165) is 5.56 Å². The minimum absolute atomic E-state index is 0.0158. The Labute approximate surface area is 185 Å². The lowest BCUT2D eigenvalue weighted by Gasteiger charge is -2.27. The molecule has 0 N–H and O–H groups in total. The van der Waals surface area contributed by atoms with Gasteiger partial charge in [0.25, 0.3) is 0 Å². The molecule has 0 spiro atoms. The van der Waals surface area contributed by atoms with Crippen LogP contribution in [-0.4, -0.2) is 37.2 Å². The molecule has 2 aliphatic heterocycles. The van der Waals surface area contributed by atoms with Crippen LogP contribution in [0.2, 0.25) is 10.0 Å². The zero-order chi connectivity index (χ0) is 20.1. The van der Waals surface area contributed by atoms with E-state index in [1.54, 1.807) is 29.2 Å². The van der Waals surface area contributed by atoms with Crippen molar-refractivity contribution < 1.29 is 12.8 Å². The largest absolute Gasteiger partial charge is 0.312 e. The van der Waals surface area contributed by atoms with Crippen LogP contribution in [0.1, 0.15) is 5.56 Å². The number of anilines is 1. The van der Waals surface area contributed by atoms with E-state index in [1.807, 2.05) is 6.07 Å². The van der Waals surface area contributed by atoms with Crippen LogP contribution in [0.3, 0.4) is 0 Å². The molecular formula is C18H14BrCl2FN2O2S2. The van der Waals surface area contributed by atoms with Crippen LogP contribution in [0.4, 0.5) is 10.1 Å². The van der Waals surface area contributed by atoms with Gasteiger partial charge in [0, 0.05) is 20.3 Å². The van der Waals surface area contributed by atoms with Gasteiger partial charge in [-0.3, -0.25) is 4.99 Å². The third kappa shape index (κ3) is 4.07. The van der Waals surface area contributed by atoms with Crippen molar-refractivity contribution in [2.45, 2.75) is 17.8 Å². The summed E-state index contributed by atoms with van der Waals surface area (Å²) in [5, 5.41) is 1.69. The molecule has 148 valence electrons. The summed E-state index contributed by atoms with van der Waals surface area (Å²) < 4.78 is 39.5. The SMILES string of the molecule is O=S1(=O)CC2N=C(SCc3ccc(Cl)cc3Cl)N(c3ccc(Br)cc3F)C2C1. The van der Waals surface area contributed by atoms with Crippen molar-refractivity contribution in [1.82, 2.24) is 0 Å². The molecule has 2 unspecified atom stereocenters. The van der Waals surface area contributed by atoms with Crippen molar-refractivity contribution >= 4 is 71.6 Å². The van der Waals surface area contributed by atoms with Crippen LogP contribution < -0.4 is 4.90 Å². The molecule has 28 heavy (non-hydrogen) atoms. The van der Waals surface area contributed by atoms with Crippen LogP contribution >= 0.6 is 50.9 Å². The van der Waals surface area contributed by atoms with Crippen LogP contribution in [-0.2, 0) is 15.6 Å². The quantitative estimate of drug-likeness (QED) is 0.556. The number of aliphatic imine (C=N–C) groups is 1. The Hall–Kier alpha value is -0.800. The Morgan fingerprint density at radius 1 is 1.21 bits per heavy atom. The van der Waals surface area contributed by atoms with Gasteiger partial charge in [-0.15, -0.1) is 0 Å². The number of hydrogen-bond acceptors (Lipinski definition) is 5. The molecule has 0 saturated carbocycles. The van der Waals surface area contributed by atoms with E-state index in [9.17, 15) is 12.8 Å². The summed E-state index contributed by atoms with van der Waals surface area (Å²) in [4.78, 5) is 6.32. The Balaban J connectivity index is 1.65. The summed E-state index contributed by atoms with van der Waals surface area (Å²) in [5.41, 5.74) is 1.20. The highest BCUT2D eigenvalue weighted by Gasteiger charge is 2.47. The Kier molecular flexibility index (Phi) is 5.70. The second-order valence-corrected chi connectivity index (χ2v) is 11.5. The van der Waals surface area contributed by atoms with E-state index >= 15 is 0 Å². The van der Waals surface area contributed by atoms with E-state index in [4.69, 9.17) is 23.2 Å². The molecule has 2 aromatic rings. The molecule has 2 aliphatic rings. The number of sulfone groups is 1. The Morgan fingerprint density at radius 2 is 2.00 bits per heavy atom. The third-order valence-corrected chi connectivity index (χ3v) is 8.44.